The third kappa shape index (κ3) is 8.83. The zero-order valence-corrected chi connectivity index (χ0v) is 23.0. The molecule has 1 aromatic heterocycles. The number of halogens is 1. The minimum atomic E-state index is -0.427. The summed E-state index contributed by atoms with van der Waals surface area (Å²) in [5.41, 5.74) is 8.42. The van der Waals surface area contributed by atoms with Gasteiger partial charge in [0, 0.05) is 49.1 Å². The third-order valence-electron chi connectivity index (χ3n) is 6.30. The highest BCUT2D eigenvalue weighted by Crippen LogP contribution is 2.27. The second-order valence-electron chi connectivity index (χ2n) is 10.2. The molecule has 0 aliphatic heterocycles. The van der Waals surface area contributed by atoms with Crippen LogP contribution < -0.4 is 15.9 Å². The van der Waals surface area contributed by atoms with Crippen LogP contribution in [0.2, 0.25) is 5.02 Å². The first-order valence-electron chi connectivity index (χ1n) is 12.5. The number of nitrogens with two attached hydrogens (primary N) is 1. The maximum Gasteiger partial charge on any atom is 0.305 e. The molecule has 37 heavy (non-hydrogen) atoms. The number of hydrogen-bond donors (Lipinski definition) is 5. The molecule has 1 heterocycles. The Kier molecular flexibility index (Phi) is 10.5. The summed E-state index contributed by atoms with van der Waals surface area (Å²) >= 11 is 7.15. The Morgan fingerprint density at radius 3 is 2.76 bits per heavy atom. The van der Waals surface area contributed by atoms with Crippen molar-refractivity contribution in [3.8, 4) is 5.75 Å². The first-order chi connectivity index (χ1) is 17.6. The Balaban J connectivity index is 1.51. The zero-order chi connectivity index (χ0) is 27.0. The molecular formula is C27H37ClN4O4S. The first kappa shape index (κ1) is 29.1. The van der Waals surface area contributed by atoms with Crippen LogP contribution in [0.1, 0.15) is 37.8 Å². The maximum absolute atomic E-state index is 13.1. The number of benzene rings is 2. The number of hydrogen-bond acceptors (Lipinski definition) is 7. The summed E-state index contributed by atoms with van der Waals surface area (Å²) in [6, 6.07) is 10.8. The number of aliphatic hydroxyl groups is 1. The van der Waals surface area contributed by atoms with E-state index in [1.54, 1.807) is 11.0 Å². The average Bonchev–Trinajstić information content (AvgIpc) is 3.25. The van der Waals surface area contributed by atoms with Crippen molar-refractivity contribution in [3.63, 3.8) is 0 Å². The van der Waals surface area contributed by atoms with E-state index in [1.165, 1.54) is 0 Å². The molecule has 1 amide bonds. The number of aliphatic hydroxyl groups excluding tert-OH is 1. The van der Waals surface area contributed by atoms with Gasteiger partial charge in [0.2, 0.25) is 5.91 Å². The van der Waals surface area contributed by atoms with Gasteiger partial charge in [-0.1, -0.05) is 55.0 Å². The highest BCUT2D eigenvalue weighted by molar-refractivity contribution is 7.16. The van der Waals surface area contributed by atoms with Gasteiger partial charge in [0.05, 0.1) is 4.70 Å². The number of aromatic hydroxyl groups is 1. The van der Waals surface area contributed by atoms with Crippen LogP contribution in [0.5, 0.6) is 5.75 Å². The normalized spacial score (nSPS) is 12.7. The molecule has 8 nitrogen and oxygen atoms in total. The van der Waals surface area contributed by atoms with E-state index in [2.05, 4.69) is 10.3 Å². The number of aryl methyl sites for hydroxylation is 1. The van der Waals surface area contributed by atoms with Gasteiger partial charge in [-0.2, -0.15) is 0 Å². The Labute approximate surface area is 226 Å². The molecule has 1 atom stereocenters. The van der Waals surface area contributed by atoms with Gasteiger partial charge < -0.3 is 31.1 Å². The molecule has 0 aliphatic carbocycles. The van der Waals surface area contributed by atoms with Crippen LogP contribution in [0, 0.1) is 5.41 Å². The average molecular weight is 549 g/mol. The molecule has 0 saturated heterocycles. The molecule has 1 unspecified atom stereocenters. The number of nitrogens with one attached hydrogen (secondary N) is 2. The van der Waals surface area contributed by atoms with Crippen molar-refractivity contribution in [2.24, 2.45) is 11.1 Å². The molecule has 3 aromatic rings. The summed E-state index contributed by atoms with van der Waals surface area (Å²) in [6.45, 7) is 5.98. The zero-order valence-electron chi connectivity index (χ0n) is 21.4. The number of thiazole rings is 1. The van der Waals surface area contributed by atoms with E-state index in [0.29, 0.717) is 49.6 Å². The molecular weight excluding hydrogens is 512 g/mol. The van der Waals surface area contributed by atoms with Gasteiger partial charge >= 0.3 is 4.87 Å². The molecule has 0 spiro atoms. The third-order valence-corrected chi connectivity index (χ3v) is 7.49. The molecule has 0 aliphatic rings. The number of aromatic nitrogens is 1. The number of rotatable bonds is 14. The summed E-state index contributed by atoms with van der Waals surface area (Å²) in [7, 11) is 0. The van der Waals surface area contributed by atoms with E-state index in [9.17, 15) is 19.8 Å². The second-order valence-corrected chi connectivity index (χ2v) is 11.7. The topological polar surface area (TPSA) is 132 Å². The number of H-pyrrole nitrogens is 1. The summed E-state index contributed by atoms with van der Waals surface area (Å²) in [5, 5.41) is 23.8. The lowest BCUT2D eigenvalue weighted by Crippen LogP contribution is -2.45. The Morgan fingerprint density at radius 1 is 1.24 bits per heavy atom. The number of carbonyl (C=O) groups excluding carboxylic acids is 1. The van der Waals surface area contributed by atoms with Gasteiger partial charge in [-0.25, -0.2) is 0 Å². The highest BCUT2D eigenvalue weighted by atomic mass is 35.5. The Morgan fingerprint density at radius 2 is 2.03 bits per heavy atom. The fourth-order valence-electron chi connectivity index (χ4n) is 4.19. The lowest BCUT2D eigenvalue weighted by Gasteiger charge is -2.32. The quantitative estimate of drug-likeness (QED) is 0.196. The lowest BCUT2D eigenvalue weighted by molar-refractivity contribution is -0.133. The van der Waals surface area contributed by atoms with Crippen LogP contribution >= 0.6 is 22.9 Å². The summed E-state index contributed by atoms with van der Waals surface area (Å²) in [4.78, 5) is 29.1. The largest absolute Gasteiger partial charge is 0.506 e. The van der Waals surface area contributed by atoms with Crippen LogP contribution in [0.3, 0.4) is 0 Å². The van der Waals surface area contributed by atoms with E-state index < -0.39 is 5.41 Å². The van der Waals surface area contributed by atoms with Crippen molar-refractivity contribution in [3.05, 3.63) is 62.2 Å². The number of amides is 1. The van der Waals surface area contributed by atoms with Crippen molar-refractivity contribution in [1.82, 2.24) is 15.2 Å². The minimum Gasteiger partial charge on any atom is -0.506 e. The van der Waals surface area contributed by atoms with Crippen LogP contribution in [0.15, 0.2) is 41.2 Å². The molecule has 2 aromatic carbocycles. The van der Waals surface area contributed by atoms with Gasteiger partial charge in [-0.05, 0) is 55.1 Å². The smallest absolute Gasteiger partial charge is 0.305 e. The molecule has 0 saturated carbocycles. The second kappa shape index (κ2) is 13.4. The Hall–Kier alpha value is -2.43. The van der Waals surface area contributed by atoms with E-state index in [0.717, 1.165) is 33.6 Å². The van der Waals surface area contributed by atoms with E-state index in [1.807, 2.05) is 44.2 Å². The fourth-order valence-corrected chi connectivity index (χ4v) is 5.30. The van der Waals surface area contributed by atoms with E-state index in [4.69, 9.17) is 17.3 Å². The summed E-state index contributed by atoms with van der Waals surface area (Å²) in [5.74, 6) is 0.0377. The van der Waals surface area contributed by atoms with Gasteiger partial charge in [0.25, 0.3) is 0 Å². The number of phenolic OH excluding ortho intramolecular Hbond substituents is 1. The molecule has 0 radical (unpaired) electrons. The Bertz CT molecular complexity index is 1240. The molecule has 3 rings (SSSR count). The van der Waals surface area contributed by atoms with Gasteiger partial charge in [0.15, 0.2) is 0 Å². The van der Waals surface area contributed by atoms with Crippen LogP contribution in [-0.2, 0) is 17.6 Å². The van der Waals surface area contributed by atoms with Crippen molar-refractivity contribution in [1.29, 1.82) is 0 Å². The highest BCUT2D eigenvalue weighted by Gasteiger charge is 2.25. The lowest BCUT2D eigenvalue weighted by atomic mass is 9.93. The SMILES string of the molecule is CC(C)(CO)CN(CCNCCc1ccc(O)c2[nH]c(=O)sc12)C(=O)CC(N)CCc1cccc(Cl)c1. The number of fused-ring (bicyclic) bond motifs is 1. The van der Waals surface area contributed by atoms with Crippen molar-refractivity contribution < 1.29 is 15.0 Å². The maximum atomic E-state index is 13.1. The van der Waals surface area contributed by atoms with Crippen LogP contribution in [-0.4, -0.2) is 64.8 Å². The summed E-state index contributed by atoms with van der Waals surface area (Å²) < 4.78 is 0.764. The molecule has 0 fully saturated rings. The molecule has 6 N–H and O–H groups in total. The van der Waals surface area contributed by atoms with E-state index in [-0.39, 0.29) is 35.6 Å². The fraction of sp³-hybridized carbons (Fsp3) is 0.481. The number of carbonyl (C=O) groups is 1. The standard InChI is InChI=1S/C27H37ClN4O4S/c1-27(2,17-33)16-32(23(35)15-21(29)8-6-18-4-3-5-20(28)14-18)13-12-30-11-10-19-7-9-22(34)24-25(19)37-26(36)31-24/h3-5,7,9,14,21,30,33-34H,6,8,10-13,15-17,29H2,1-2H3,(H,31,36). The van der Waals surface area contributed by atoms with Gasteiger partial charge in [0.1, 0.15) is 11.3 Å². The van der Waals surface area contributed by atoms with Crippen molar-refractivity contribution in [2.75, 3.05) is 32.8 Å². The molecule has 202 valence electrons. The van der Waals surface area contributed by atoms with Crippen LogP contribution in [0.4, 0.5) is 0 Å². The predicted octanol–water partition coefficient (Wildman–Crippen LogP) is 3.28. The number of aromatic amines is 1. The monoisotopic (exact) mass is 548 g/mol. The number of nitrogens with zero attached hydrogens (tertiary/aromatic N) is 1. The van der Waals surface area contributed by atoms with Crippen LogP contribution in [0.25, 0.3) is 10.2 Å². The number of phenols is 1. The molecule has 10 heteroatoms. The molecule has 0 bridgehead atoms. The van der Waals surface area contributed by atoms with Crippen molar-refractivity contribution in [2.45, 2.75) is 45.6 Å². The van der Waals surface area contributed by atoms with Gasteiger partial charge in [-0.15, -0.1) is 0 Å². The predicted molar refractivity (Wildman–Crippen MR) is 150 cm³/mol. The van der Waals surface area contributed by atoms with E-state index >= 15 is 0 Å². The minimum absolute atomic E-state index is 0.0264. The first-order valence-corrected chi connectivity index (χ1v) is 13.7. The van der Waals surface area contributed by atoms with Crippen molar-refractivity contribution >= 4 is 39.1 Å². The van der Waals surface area contributed by atoms with Gasteiger partial charge in [-0.3, -0.25) is 9.59 Å². The summed E-state index contributed by atoms with van der Waals surface area (Å²) in [6.07, 6.45) is 2.34.